The molecule has 348 valence electrons. The van der Waals surface area contributed by atoms with E-state index in [1.165, 1.54) is 0 Å². The van der Waals surface area contributed by atoms with Gasteiger partial charge in [-0.1, -0.05) is 0 Å². The lowest BCUT2D eigenvalue weighted by Gasteiger charge is -2.61. The minimum atomic E-state index is -0.758. The van der Waals surface area contributed by atoms with E-state index in [1.807, 2.05) is 0 Å². The Morgan fingerprint density at radius 2 is 0.688 bits per heavy atom. The van der Waals surface area contributed by atoms with E-state index in [2.05, 4.69) is 10.6 Å². The highest BCUT2D eigenvalue weighted by Gasteiger charge is 2.67. The van der Waals surface area contributed by atoms with Gasteiger partial charge in [-0.25, -0.2) is 9.59 Å². The van der Waals surface area contributed by atoms with Crippen molar-refractivity contribution in [2.45, 2.75) is 153 Å². The van der Waals surface area contributed by atoms with Crippen molar-refractivity contribution in [2.75, 3.05) is 52.5 Å². The van der Waals surface area contributed by atoms with Gasteiger partial charge in [0.2, 0.25) is 35.4 Å². The zero-order chi connectivity index (χ0) is 44.2. The molecule has 16 heteroatoms. The predicted octanol–water partition coefficient (Wildman–Crippen LogP) is 2.46. The molecule has 0 radical (unpaired) electrons. The Hall–Kier alpha value is -4.24. The van der Waals surface area contributed by atoms with Crippen LogP contribution in [0.5, 0.6) is 0 Å². The minimum Gasteiger partial charge on any atom is -0.462 e. The van der Waals surface area contributed by atoms with Crippen molar-refractivity contribution < 1.29 is 47.8 Å². The van der Waals surface area contributed by atoms with Crippen LogP contribution in [0.15, 0.2) is 0 Å². The quantitative estimate of drug-likeness (QED) is 0.342. The molecule has 2 N–H and O–H groups in total. The lowest BCUT2D eigenvalue weighted by atomic mass is 9.43. The van der Waals surface area contributed by atoms with Crippen LogP contribution in [-0.4, -0.2) is 144 Å². The van der Waals surface area contributed by atoms with Crippen molar-refractivity contribution in [3.05, 3.63) is 0 Å². The fourth-order valence-electron chi connectivity index (χ4n) is 16.9. The summed E-state index contributed by atoms with van der Waals surface area (Å²) in [7, 11) is 0. The van der Waals surface area contributed by atoms with Crippen molar-refractivity contribution in [3.63, 3.8) is 0 Å². The van der Waals surface area contributed by atoms with Gasteiger partial charge in [-0.3, -0.25) is 28.8 Å². The van der Waals surface area contributed by atoms with Crippen LogP contribution in [0.3, 0.4) is 0 Å². The van der Waals surface area contributed by atoms with Gasteiger partial charge in [0.15, 0.2) is 0 Å². The average molecular weight is 887 g/mol. The monoisotopic (exact) mass is 886 g/mol. The van der Waals surface area contributed by atoms with E-state index in [9.17, 15) is 38.4 Å². The van der Waals surface area contributed by atoms with Gasteiger partial charge in [-0.15, -0.1) is 0 Å². The summed E-state index contributed by atoms with van der Waals surface area (Å²) in [6.07, 6.45) is 13.1. The molecule has 0 aromatic carbocycles. The Kier molecular flexibility index (Phi) is 10.4. The highest BCUT2D eigenvalue weighted by Crippen LogP contribution is 2.68. The van der Waals surface area contributed by atoms with Crippen LogP contribution in [0.4, 0.5) is 0 Å². The SMILES string of the molecule is O=C1NCCOC(=O)C2CCCN2C(=O)C23CC4CC(C2)CC(C4)(C3)C(=O)N2CCCC2C(=O)OCCNC(=O)C2CCCN2C(=O)C23CC4CC(CC(C4)(C2)C(=O)N2CCCC12)C3. The Morgan fingerprint density at radius 3 is 1.00 bits per heavy atom. The van der Waals surface area contributed by atoms with E-state index < -0.39 is 57.8 Å². The number of nitrogens with one attached hydrogen (secondary N) is 2. The molecule has 5 aliphatic heterocycles. The summed E-state index contributed by atoms with van der Waals surface area (Å²) in [5.74, 6) is -0.872. The molecule has 8 bridgehead atoms. The Labute approximate surface area is 374 Å². The van der Waals surface area contributed by atoms with E-state index in [4.69, 9.17) is 9.47 Å². The van der Waals surface area contributed by atoms with Crippen molar-refractivity contribution in [1.29, 1.82) is 0 Å². The maximum absolute atomic E-state index is 14.8. The molecule has 8 aliphatic carbocycles. The zero-order valence-corrected chi connectivity index (χ0v) is 37.3. The van der Waals surface area contributed by atoms with Gasteiger partial charge in [0.1, 0.15) is 37.4 Å². The van der Waals surface area contributed by atoms with Crippen LogP contribution in [0.1, 0.15) is 128 Å². The van der Waals surface area contributed by atoms with Gasteiger partial charge in [-0.2, -0.15) is 0 Å². The maximum Gasteiger partial charge on any atom is 0.328 e. The summed E-state index contributed by atoms with van der Waals surface area (Å²) in [4.78, 5) is 121. The van der Waals surface area contributed by atoms with Crippen molar-refractivity contribution in [3.8, 4) is 0 Å². The second-order valence-corrected chi connectivity index (χ2v) is 22.6. The Morgan fingerprint density at radius 1 is 0.406 bits per heavy atom. The first-order chi connectivity index (χ1) is 30.8. The molecule has 6 amide bonds. The van der Waals surface area contributed by atoms with E-state index in [0.29, 0.717) is 142 Å². The second-order valence-electron chi connectivity index (χ2n) is 22.6. The summed E-state index contributed by atoms with van der Waals surface area (Å²) in [6.45, 7) is 1.83. The predicted molar refractivity (Wildman–Crippen MR) is 226 cm³/mol. The first kappa shape index (κ1) is 42.4. The highest BCUT2D eigenvalue weighted by atomic mass is 16.5. The summed E-state index contributed by atoms with van der Waals surface area (Å²) < 4.78 is 11.5. The third kappa shape index (κ3) is 6.77. The maximum atomic E-state index is 14.8. The minimum absolute atomic E-state index is 0.0335. The smallest absolute Gasteiger partial charge is 0.328 e. The Bertz CT molecular complexity index is 1720. The van der Waals surface area contributed by atoms with Crippen LogP contribution < -0.4 is 10.6 Å². The van der Waals surface area contributed by atoms with Crippen LogP contribution in [0.25, 0.3) is 0 Å². The molecule has 5 heterocycles. The van der Waals surface area contributed by atoms with Gasteiger partial charge in [-0.05, 0) is 152 Å². The molecule has 4 unspecified atom stereocenters. The molecular formula is C48H66N6O10. The van der Waals surface area contributed by atoms with Crippen molar-refractivity contribution >= 4 is 47.4 Å². The van der Waals surface area contributed by atoms with Gasteiger partial charge < -0.3 is 39.7 Å². The molecule has 8 saturated carbocycles. The van der Waals surface area contributed by atoms with Gasteiger partial charge in [0.05, 0.1) is 34.7 Å². The number of cyclic esters (lactones) is 2. The van der Waals surface area contributed by atoms with Crippen LogP contribution in [0, 0.1) is 45.3 Å². The number of fused-ring (bicyclic) bond motifs is 4. The number of nitrogens with zero attached hydrogens (tertiary/aromatic N) is 4. The number of amides is 6. The van der Waals surface area contributed by atoms with E-state index in [1.54, 1.807) is 19.6 Å². The van der Waals surface area contributed by atoms with E-state index in [0.717, 1.165) is 12.8 Å². The number of esters is 2. The largest absolute Gasteiger partial charge is 0.462 e. The summed E-state index contributed by atoms with van der Waals surface area (Å²) >= 11 is 0. The van der Waals surface area contributed by atoms with Gasteiger partial charge in [0, 0.05) is 26.2 Å². The lowest BCUT2D eigenvalue weighted by Crippen LogP contribution is -2.64. The number of hydrogen-bond acceptors (Lipinski definition) is 10. The fourth-order valence-corrected chi connectivity index (χ4v) is 16.9. The number of carbonyl (C=O) groups is 8. The summed E-state index contributed by atoms with van der Waals surface area (Å²) in [5, 5.41) is 5.88. The molecule has 4 spiro atoms. The number of rotatable bonds is 0. The lowest BCUT2D eigenvalue weighted by molar-refractivity contribution is -0.183. The third-order valence-corrected chi connectivity index (χ3v) is 18.4. The topological polar surface area (TPSA) is 192 Å². The number of ether oxygens (including phenoxy) is 2. The molecule has 13 aliphatic rings. The van der Waals surface area contributed by atoms with Crippen molar-refractivity contribution in [1.82, 2.24) is 30.2 Å². The van der Waals surface area contributed by atoms with Crippen LogP contribution in [0.2, 0.25) is 0 Å². The average Bonchev–Trinajstić information content (AvgIpc) is 4.11. The van der Waals surface area contributed by atoms with Gasteiger partial charge >= 0.3 is 11.9 Å². The Balaban J connectivity index is 0.846. The second kappa shape index (κ2) is 15.7. The van der Waals surface area contributed by atoms with Crippen LogP contribution in [-0.2, 0) is 47.8 Å². The van der Waals surface area contributed by atoms with Crippen molar-refractivity contribution in [2.24, 2.45) is 45.3 Å². The molecule has 64 heavy (non-hydrogen) atoms. The fraction of sp³-hybridized carbons (Fsp3) is 0.833. The standard InChI is InChI=1S/C48H66N6O10/c55-37-33-5-1-11-51(33)41(59)45-19-29-17-30(20-45)22-46(21-29,27-45)42(60)52-12-2-6-34(52)38(56)50-10-16-64-40(58)36-8-4-14-54(36)44(62)48-25-31-18-32(26-48)24-47(23-31,28-48)43(61)53-13-3-7-35(53)39(57)63-15-9-49-37/h29-36H,1-28H2,(H,49,55)(H,50,56). The van der Waals surface area contributed by atoms with E-state index in [-0.39, 0.29) is 85.4 Å². The normalized spacial score (nSPS) is 44.0. The molecule has 13 rings (SSSR count). The van der Waals surface area contributed by atoms with Crippen LogP contribution >= 0.6 is 0 Å². The first-order valence-electron chi connectivity index (χ1n) is 24.9. The first-order valence-corrected chi connectivity index (χ1v) is 24.9. The molecule has 16 nitrogen and oxygen atoms in total. The number of carbonyl (C=O) groups excluding carboxylic acids is 8. The zero-order valence-electron chi connectivity index (χ0n) is 37.3. The molecule has 0 aromatic heterocycles. The molecule has 0 aromatic rings. The molecule has 13 fully saturated rings. The third-order valence-electron chi connectivity index (χ3n) is 18.4. The van der Waals surface area contributed by atoms with E-state index >= 15 is 0 Å². The molecular weight excluding hydrogens is 821 g/mol. The molecule has 4 atom stereocenters. The summed E-state index contributed by atoms with van der Waals surface area (Å²) in [5.41, 5.74) is -2.99. The molecule has 5 saturated heterocycles. The van der Waals surface area contributed by atoms with Gasteiger partial charge in [0.25, 0.3) is 0 Å². The number of hydrogen-bond donors (Lipinski definition) is 2. The summed E-state index contributed by atoms with van der Waals surface area (Å²) in [6, 6.07) is -2.77. The highest BCUT2D eigenvalue weighted by molar-refractivity contribution is 5.95.